The molecule has 1 aromatic rings. The van der Waals surface area contributed by atoms with E-state index in [1.807, 2.05) is 0 Å². The zero-order valence-corrected chi connectivity index (χ0v) is 10.4. The van der Waals surface area contributed by atoms with Gasteiger partial charge in [0.15, 0.2) is 0 Å². The molecule has 1 fully saturated rings. The minimum Gasteiger partial charge on any atom is -0.267 e. The van der Waals surface area contributed by atoms with Gasteiger partial charge in [-0.25, -0.2) is 9.82 Å². The van der Waals surface area contributed by atoms with Gasteiger partial charge in [0.05, 0.1) is 5.56 Å². The molecule has 98 valence electrons. The Kier molecular flexibility index (Phi) is 3.15. The monoisotopic (exact) mass is 258 g/mol. The lowest BCUT2D eigenvalue weighted by Gasteiger charge is -2.11. The van der Waals surface area contributed by atoms with Crippen LogP contribution in [0.15, 0.2) is 41.5 Å². The summed E-state index contributed by atoms with van der Waals surface area (Å²) in [5, 5.41) is 3.96. The number of allylic oxidation sites excluding steroid dienone is 2. The molecule has 0 radical (unpaired) electrons. The molecule has 1 amide bonds. The third kappa shape index (κ3) is 2.43. The van der Waals surface area contributed by atoms with Gasteiger partial charge in [-0.3, -0.25) is 4.79 Å². The molecule has 4 heteroatoms. The van der Waals surface area contributed by atoms with Crippen molar-refractivity contribution in [3.8, 4) is 0 Å². The number of benzene rings is 1. The van der Waals surface area contributed by atoms with Crippen LogP contribution in [0, 0.1) is 23.6 Å². The van der Waals surface area contributed by atoms with E-state index in [-0.39, 0.29) is 5.56 Å². The Morgan fingerprint density at radius 1 is 1.32 bits per heavy atom. The quantitative estimate of drug-likeness (QED) is 0.505. The van der Waals surface area contributed by atoms with Crippen LogP contribution in [0.5, 0.6) is 0 Å². The molecular weight excluding hydrogens is 243 g/mol. The standard InChI is InChI=1S/C15H15FN2O/c16-14-4-2-1-3-13(14)15(19)18-17-9-12-8-10-5-6-11(12)7-10/h1-6,9-12H,7-8H2,(H,18,19)/b17-9-/t10-,11-,12+/m1/s1. The average molecular weight is 258 g/mol. The summed E-state index contributed by atoms with van der Waals surface area (Å²) < 4.78 is 13.4. The molecule has 2 aliphatic carbocycles. The predicted octanol–water partition coefficient (Wildman–Crippen LogP) is 2.75. The fourth-order valence-electron chi connectivity index (χ4n) is 2.89. The predicted molar refractivity (Wildman–Crippen MR) is 71.2 cm³/mol. The Labute approximate surface area is 111 Å². The van der Waals surface area contributed by atoms with Crippen molar-refractivity contribution in [3.63, 3.8) is 0 Å². The molecule has 0 spiro atoms. The summed E-state index contributed by atoms with van der Waals surface area (Å²) in [6.45, 7) is 0. The van der Waals surface area contributed by atoms with Gasteiger partial charge in [0, 0.05) is 12.1 Å². The summed E-state index contributed by atoms with van der Waals surface area (Å²) in [6, 6.07) is 5.89. The van der Waals surface area contributed by atoms with Gasteiger partial charge in [-0.1, -0.05) is 24.3 Å². The first-order valence-electron chi connectivity index (χ1n) is 6.50. The van der Waals surface area contributed by atoms with Gasteiger partial charge in [0.1, 0.15) is 5.82 Å². The van der Waals surface area contributed by atoms with Crippen LogP contribution in [0.2, 0.25) is 0 Å². The van der Waals surface area contributed by atoms with E-state index in [1.165, 1.54) is 18.6 Å². The van der Waals surface area contributed by atoms with Crippen LogP contribution >= 0.6 is 0 Å². The highest BCUT2D eigenvalue weighted by atomic mass is 19.1. The van der Waals surface area contributed by atoms with Crippen LogP contribution in [0.3, 0.4) is 0 Å². The van der Waals surface area contributed by atoms with Crippen molar-refractivity contribution in [2.75, 3.05) is 0 Å². The molecule has 2 bridgehead atoms. The molecule has 0 heterocycles. The second-order valence-electron chi connectivity index (χ2n) is 5.14. The molecule has 3 atom stereocenters. The zero-order valence-electron chi connectivity index (χ0n) is 10.4. The SMILES string of the molecule is O=C(N/N=C\[C@@H]1C[C@@H]2C=C[C@@H]1C2)c1ccccc1F. The molecule has 0 saturated heterocycles. The van der Waals surface area contributed by atoms with Crippen molar-refractivity contribution < 1.29 is 9.18 Å². The van der Waals surface area contributed by atoms with Gasteiger partial charge in [-0.05, 0) is 36.8 Å². The normalized spacial score (nSPS) is 28.2. The van der Waals surface area contributed by atoms with E-state index in [0.717, 1.165) is 6.42 Å². The number of nitrogens with one attached hydrogen (secondary N) is 1. The Bertz CT molecular complexity index is 553. The largest absolute Gasteiger partial charge is 0.274 e. The number of hydrazone groups is 1. The van der Waals surface area contributed by atoms with Gasteiger partial charge < -0.3 is 0 Å². The number of carbonyl (C=O) groups excluding carboxylic acids is 1. The van der Waals surface area contributed by atoms with Crippen molar-refractivity contribution in [2.45, 2.75) is 12.8 Å². The van der Waals surface area contributed by atoms with Crippen molar-refractivity contribution in [1.82, 2.24) is 5.43 Å². The number of carbonyl (C=O) groups is 1. The molecule has 0 aliphatic heterocycles. The second-order valence-corrected chi connectivity index (χ2v) is 5.14. The van der Waals surface area contributed by atoms with E-state index >= 15 is 0 Å². The van der Waals surface area contributed by atoms with Crippen LogP contribution in [0.25, 0.3) is 0 Å². The maximum Gasteiger partial charge on any atom is 0.274 e. The maximum absolute atomic E-state index is 13.4. The molecule has 0 unspecified atom stereocenters. The molecule has 1 N–H and O–H groups in total. The summed E-state index contributed by atoms with van der Waals surface area (Å²) >= 11 is 0. The zero-order chi connectivity index (χ0) is 13.2. The van der Waals surface area contributed by atoms with Crippen LogP contribution in [-0.2, 0) is 0 Å². The Balaban J connectivity index is 1.59. The molecule has 2 aliphatic rings. The molecule has 1 aromatic carbocycles. The lowest BCUT2D eigenvalue weighted by Crippen LogP contribution is -2.20. The number of fused-ring (bicyclic) bond motifs is 2. The highest BCUT2D eigenvalue weighted by molar-refractivity contribution is 5.94. The first-order valence-corrected chi connectivity index (χ1v) is 6.50. The molecular formula is C15H15FN2O. The van der Waals surface area contributed by atoms with E-state index in [4.69, 9.17) is 0 Å². The van der Waals surface area contributed by atoms with E-state index in [2.05, 4.69) is 22.7 Å². The first-order chi connectivity index (χ1) is 9.24. The van der Waals surface area contributed by atoms with Crippen LogP contribution in [-0.4, -0.2) is 12.1 Å². The fourth-order valence-corrected chi connectivity index (χ4v) is 2.89. The number of halogens is 1. The van der Waals surface area contributed by atoms with Crippen molar-refractivity contribution in [2.24, 2.45) is 22.9 Å². The highest BCUT2D eigenvalue weighted by Crippen LogP contribution is 2.42. The fraction of sp³-hybridized carbons (Fsp3) is 0.333. The Hall–Kier alpha value is -1.97. The first kappa shape index (κ1) is 12.1. The Morgan fingerprint density at radius 2 is 2.16 bits per heavy atom. The van der Waals surface area contributed by atoms with Gasteiger partial charge in [0.2, 0.25) is 0 Å². The summed E-state index contributed by atoms with van der Waals surface area (Å²) in [6.07, 6.45) is 8.56. The van der Waals surface area contributed by atoms with E-state index in [1.54, 1.807) is 18.3 Å². The molecule has 19 heavy (non-hydrogen) atoms. The van der Waals surface area contributed by atoms with Crippen LogP contribution < -0.4 is 5.43 Å². The minimum atomic E-state index is -0.530. The lowest BCUT2D eigenvalue weighted by molar-refractivity contribution is 0.0951. The van der Waals surface area contributed by atoms with Gasteiger partial charge in [-0.2, -0.15) is 5.10 Å². The third-order valence-corrected chi connectivity index (χ3v) is 3.88. The Morgan fingerprint density at radius 3 is 2.84 bits per heavy atom. The summed E-state index contributed by atoms with van der Waals surface area (Å²) in [7, 11) is 0. The van der Waals surface area contributed by atoms with Crippen LogP contribution in [0.4, 0.5) is 4.39 Å². The summed E-state index contributed by atoms with van der Waals surface area (Å²) in [4.78, 5) is 11.7. The highest BCUT2D eigenvalue weighted by Gasteiger charge is 2.34. The van der Waals surface area contributed by atoms with Gasteiger partial charge >= 0.3 is 0 Å². The van der Waals surface area contributed by atoms with Gasteiger partial charge in [-0.15, -0.1) is 0 Å². The van der Waals surface area contributed by atoms with E-state index < -0.39 is 11.7 Å². The average Bonchev–Trinajstić information content (AvgIpc) is 3.01. The molecule has 0 aromatic heterocycles. The van der Waals surface area contributed by atoms with E-state index in [9.17, 15) is 9.18 Å². The van der Waals surface area contributed by atoms with Crippen LogP contribution in [0.1, 0.15) is 23.2 Å². The van der Waals surface area contributed by atoms with Gasteiger partial charge in [0.25, 0.3) is 5.91 Å². The number of rotatable bonds is 3. The molecule has 3 nitrogen and oxygen atoms in total. The van der Waals surface area contributed by atoms with Crippen molar-refractivity contribution in [3.05, 3.63) is 47.8 Å². The number of amides is 1. The number of hydrogen-bond donors (Lipinski definition) is 1. The van der Waals surface area contributed by atoms with Crippen molar-refractivity contribution in [1.29, 1.82) is 0 Å². The molecule has 3 rings (SSSR count). The summed E-state index contributed by atoms with van der Waals surface area (Å²) in [5.74, 6) is 0.588. The summed E-state index contributed by atoms with van der Waals surface area (Å²) in [5.41, 5.74) is 2.41. The number of nitrogens with zero attached hydrogens (tertiary/aromatic N) is 1. The smallest absolute Gasteiger partial charge is 0.267 e. The molecule has 1 saturated carbocycles. The second kappa shape index (κ2) is 4.96. The van der Waals surface area contributed by atoms with E-state index in [0.29, 0.717) is 17.8 Å². The van der Waals surface area contributed by atoms with Crippen molar-refractivity contribution >= 4 is 12.1 Å². The topological polar surface area (TPSA) is 41.5 Å². The minimum absolute atomic E-state index is 0.0208. The lowest BCUT2D eigenvalue weighted by atomic mass is 9.95. The number of hydrogen-bond acceptors (Lipinski definition) is 2. The third-order valence-electron chi connectivity index (χ3n) is 3.88. The maximum atomic E-state index is 13.4.